The summed E-state index contributed by atoms with van der Waals surface area (Å²) < 4.78 is 0. The molecule has 0 aliphatic heterocycles. The maximum atomic E-state index is 11.7. The van der Waals surface area contributed by atoms with Crippen LogP contribution in [0.3, 0.4) is 0 Å². The summed E-state index contributed by atoms with van der Waals surface area (Å²) in [6.45, 7) is 4.88. The molecule has 4 aliphatic carbocycles. The van der Waals surface area contributed by atoms with E-state index in [2.05, 4.69) is 19.4 Å². The van der Waals surface area contributed by atoms with Gasteiger partial charge < -0.3 is 0 Å². The number of rotatable bonds is 1. The van der Waals surface area contributed by atoms with E-state index in [1.807, 2.05) is 6.08 Å². The number of hydrogen-bond donors (Lipinski definition) is 0. The van der Waals surface area contributed by atoms with E-state index in [4.69, 9.17) is 0 Å². The topological polar surface area (TPSA) is 17.1 Å². The molecule has 22 heavy (non-hydrogen) atoms. The Morgan fingerprint density at radius 2 is 2.00 bits per heavy atom. The van der Waals surface area contributed by atoms with E-state index >= 15 is 0 Å². The average molecular weight is 316 g/mol. The Hall–Kier alpha value is -0.420. The van der Waals surface area contributed by atoms with Gasteiger partial charge in [-0.2, -0.15) is 0 Å². The molecule has 2 heteroatoms. The van der Waals surface area contributed by atoms with Crippen LogP contribution >= 0.6 is 8.58 Å². The molecule has 0 N–H and O–H groups in total. The summed E-state index contributed by atoms with van der Waals surface area (Å²) in [4.78, 5) is 11.7. The fourth-order valence-electron chi connectivity index (χ4n) is 6.44. The van der Waals surface area contributed by atoms with Crippen molar-refractivity contribution in [1.29, 1.82) is 0 Å². The van der Waals surface area contributed by atoms with Gasteiger partial charge in [0.1, 0.15) is 0 Å². The molecule has 3 fully saturated rings. The van der Waals surface area contributed by atoms with Crippen molar-refractivity contribution in [3.8, 4) is 0 Å². The van der Waals surface area contributed by atoms with E-state index < -0.39 is 0 Å². The molecule has 4 aliphatic rings. The highest BCUT2D eigenvalue weighted by atomic mass is 31.1. The van der Waals surface area contributed by atoms with E-state index in [1.54, 1.807) is 5.57 Å². The number of fused-ring (bicyclic) bond motifs is 5. The highest BCUT2D eigenvalue weighted by Crippen LogP contribution is 2.63. The van der Waals surface area contributed by atoms with Gasteiger partial charge in [-0.3, -0.25) is 4.79 Å². The van der Waals surface area contributed by atoms with Gasteiger partial charge in [-0.05, 0) is 86.8 Å². The number of ketones is 1. The van der Waals surface area contributed by atoms with Crippen LogP contribution in [0.4, 0.5) is 0 Å². The van der Waals surface area contributed by atoms with E-state index in [-0.39, 0.29) is 0 Å². The minimum absolute atomic E-state index is 0.389. The molecule has 1 nitrogen and oxygen atoms in total. The molecule has 120 valence electrons. The predicted molar refractivity (Wildman–Crippen MR) is 94.4 cm³/mol. The summed E-state index contributed by atoms with van der Waals surface area (Å²) in [7, 11) is 0.966. The van der Waals surface area contributed by atoms with Crippen LogP contribution < -0.4 is 0 Å². The Bertz CT molecular complexity index is 546. The van der Waals surface area contributed by atoms with Gasteiger partial charge in [-0.25, -0.2) is 0 Å². The van der Waals surface area contributed by atoms with Gasteiger partial charge >= 0.3 is 0 Å². The molecule has 0 heterocycles. The molecule has 0 radical (unpaired) electrons. The minimum Gasteiger partial charge on any atom is -0.295 e. The number of hydrogen-bond acceptors (Lipinski definition) is 1. The first-order valence-corrected chi connectivity index (χ1v) is 10.8. The summed E-state index contributed by atoms with van der Waals surface area (Å²) in [5, 5.41) is 0. The standard InChI is InChI=1S/C20H29OP/c1-20-10-9-17-16-7-5-15(21)11-13(16)3-6-18(17)19(20)8-4-14(20)12-22-2/h11-12,16-19,22H,3-10H2,1-2H3/b14-12+. The first-order valence-electron chi connectivity index (χ1n) is 9.23. The van der Waals surface area contributed by atoms with Crippen LogP contribution in [0.25, 0.3) is 0 Å². The first kappa shape index (κ1) is 15.1. The van der Waals surface area contributed by atoms with E-state index in [1.165, 1.54) is 44.1 Å². The molecule has 0 bridgehead atoms. The zero-order chi connectivity index (χ0) is 15.3. The zero-order valence-corrected chi connectivity index (χ0v) is 15.0. The lowest BCUT2D eigenvalue weighted by molar-refractivity contribution is -0.115. The van der Waals surface area contributed by atoms with Crippen molar-refractivity contribution < 1.29 is 4.79 Å². The third-order valence-corrected chi connectivity index (χ3v) is 8.10. The van der Waals surface area contributed by atoms with Crippen molar-refractivity contribution in [3.05, 3.63) is 23.0 Å². The van der Waals surface area contributed by atoms with Gasteiger partial charge in [0.05, 0.1) is 0 Å². The summed E-state index contributed by atoms with van der Waals surface area (Å²) in [5.74, 6) is 6.44. The maximum absolute atomic E-state index is 11.7. The molecule has 0 spiro atoms. The van der Waals surface area contributed by atoms with Crippen molar-refractivity contribution in [3.63, 3.8) is 0 Å². The van der Waals surface area contributed by atoms with Crippen molar-refractivity contribution in [1.82, 2.24) is 0 Å². The molecule has 0 aromatic heterocycles. The Labute approximate surface area is 136 Å². The number of carbonyl (C=O) groups excluding carboxylic acids is 1. The van der Waals surface area contributed by atoms with Crippen LogP contribution in [0.2, 0.25) is 0 Å². The SMILES string of the molecule is CP/C=C1\CCC2C3CCC4=CC(=O)CCC4C3CCC12C. The largest absolute Gasteiger partial charge is 0.295 e. The third-order valence-electron chi connectivity index (χ3n) is 7.47. The zero-order valence-electron chi connectivity index (χ0n) is 14.0. The van der Waals surface area contributed by atoms with Gasteiger partial charge in [-0.1, -0.05) is 23.9 Å². The Kier molecular flexibility index (Phi) is 3.84. The Morgan fingerprint density at radius 1 is 1.14 bits per heavy atom. The number of allylic oxidation sites excluding steroid dienone is 2. The molecule has 0 amide bonds. The average Bonchev–Trinajstić information content (AvgIpc) is 2.84. The fourth-order valence-corrected chi connectivity index (χ4v) is 7.26. The monoisotopic (exact) mass is 316 g/mol. The lowest BCUT2D eigenvalue weighted by atomic mass is 9.52. The summed E-state index contributed by atoms with van der Waals surface area (Å²) in [6.07, 6.45) is 12.1. The first-order chi connectivity index (χ1) is 10.6. The van der Waals surface area contributed by atoms with Crippen LogP contribution in [0.1, 0.15) is 58.3 Å². The molecular weight excluding hydrogens is 287 g/mol. The summed E-state index contributed by atoms with van der Waals surface area (Å²) in [6, 6.07) is 0. The second kappa shape index (κ2) is 5.59. The van der Waals surface area contributed by atoms with E-state index in [9.17, 15) is 4.79 Å². The molecule has 0 aromatic rings. The third kappa shape index (κ3) is 2.19. The highest BCUT2D eigenvalue weighted by molar-refractivity contribution is 7.40. The second-order valence-corrected chi connectivity index (χ2v) is 9.12. The van der Waals surface area contributed by atoms with Crippen LogP contribution in [0.5, 0.6) is 0 Å². The lowest BCUT2D eigenvalue weighted by Crippen LogP contribution is -2.45. The van der Waals surface area contributed by atoms with Crippen LogP contribution in [-0.4, -0.2) is 12.4 Å². The van der Waals surface area contributed by atoms with Gasteiger partial charge in [0.2, 0.25) is 0 Å². The van der Waals surface area contributed by atoms with Crippen LogP contribution in [0.15, 0.2) is 23.0 Å². The number of carbonyl (C=O) groups is 1. The minimum atomic E-state index is 0.389. The van der Waals surface area contributed by atoms with E-state index in [0.717, 1.165) is 45.1 Å². The molecule has 0 saturated heterocycles. The van der Waals surface area contributed by atoms with Crippen molar-refractivity contribution in [2.24, 2.45) is 29.1 Å². The van der Waals surface area contributed by atoms with Crippen molar-refractivity contribution in [2.75, 3.05) is 6.66 Å². The summed E-state index contributed by atoms with van der Waals surface area (Å²) >= 11 is 0. The molecule has 3 saturated carbocycles. The fraction of sp³-hybridized carbons (Fsp3) is 0.750. The van der Waals surface area contributed by atoms with Gasteiger partial charge in [0.15, 0.2) is 5.78 Å². The van der Waals surface area contributed by atoms with Crippen molar-refractivity contribution in [2.45, 2.75) is 58.3 Å². The maximum Gasteiger partial charge on any atom is 0.155 e. The van der Waals surface area contributed by atoms with Crippen molar-refractivity contribution >= 4 is 14.4 Å². The normalized spacial score (nSPS) is 46.5. The molecule has 6 atom stereocenters. The molecule has 4 rings (SSSR count). The lowest BCUT2D eigenvalue weighted by Gasteiger charge is -2.53. The van der Waals surface area contributed by atoms with Gasteiger partial charge in [0, 0.05) is 6.42 Å². The summed E-state index contributed by atoms with van der Waals surface area (Å²) in [5.41, 5.74) is 3.82. The van der Waals surface area contributed by atoms with Crippen LogP contribution in [0, 0.1) is 29.1 Å². The molecular formula is C20H29OP. The van der Waals surface area contributed by atoms with Gasteiger partial charge in [0.25, 0.3) is 0 Å². The van der Waals surface area contributed by atoms with Crippen LogP contribution in [-0.2, 0) is 4.79 Å². The smallest absolute Gasteiger partial charge is 0.155 e. The quantitative estimate of drug-likeness (QED) is 0.598. The predicted octanol–water partition coefficient (Wildman–Crippen LogP) is 5.32. The second-order valence-electron chi connectivity index (χ2n) is 8.26. The molecule has 6 unspecified atom stereocenters. The van der Waals surface area contributed by atoms with E-state index in [0.29, 0.717) is 11.2 Å². The van der Waals surface area contributed by atoms with Gasteiger partial charge in [-0.15, -0.1) is 8.58 Å². The molecule has 0 aromatic carbocycles. The Balaban J connectivity index is 1.62. The Morgan fingerprint density at radius 3 is 2.82 bits per heavy atom. The highest BCUT2D eigenvalue weighted by Gasteiger charge is 2.54.